The third-order valence-corrected chi connectivity index (χ3v) is 4.52. The molecule has 0 N–H and O–H groups in total. The van der Waals surface area contributed by atoms with Crippen molar-refractivity contribution in [2.45, 2.75) is 6.42 Å². The molecule has 2 aliphatic heterocycles. The van der Waals surface area contributed by atoms with E-state index in [0.29, 0.717) is 13.2 Å². The van der Waals surface area contributed by atoms with Crippen LogP contribution in [0.1, 0.15) is 6.42 Å². The van der Waals surface area contributed by atoms with Gasteiger partial charge in [-0.25, -0.2) is 4.98 Å². The Morgan fingerprint density at radius 3 is 2.90 bits per heavy atom. The van der Waals surface area contributed by atoms with E-state index in [2.05, 4.69) is 25.8 Å². The largest absolute Gasteiger partial charge is 0.378 e. The second-order valence-electron chi connectivity index (χ2n) is 5.18. The van der Waals surface area contributed by atoms with Gasteiger partial charge in [-0.15, -0.1) is 0 Å². The van der Waals surface area contributed by atoms with E-state index >= 15 is 0 Å². The number of amides is 1. The first-order chi connectivity index (χ1) is 9.75. The summed E-state index contributed by atoms with van der Waals surface area (Å²) in [5.74, 6) is 1.29. The second kappa shape index (κ2) is 6.10. The van der Waals surface area contributed by atoms with Gasteiger partial charge in [0.2, 0.25) is 5.91 Å². The zero-order valence-electron chi connectivity index (χ0n) is 11.3. The molecule has 0 aliphatic carbocycles. The standard InChI is InChI=1S/C14H18BrN3O2/c15-12-2-1-4-16-13(12)18-5-3-11(10-18)14(19)17-6-8-20-9-7-17/h1-2,4,11H,3,5-10H2. The third-order valence-electron chi connectivity index (χ3n) is 3.90. The maximum absolute atomic E-state index is 12.5. The number of hydrogen-bond acceptors (Lipinski definition) is 4. The van der Waals surface area contributed by atoms with E-state index in [4.69, 9.17) is 4.74 Å². The summed E-state index contributed by atoms with van der Waals surface area (Å²) in [5.41, 5.74) is 0. The Bertz CT molecular complexity index is 491. The molecule has 2 saturated heterocycles. The molecule has 5 nitrogen and oxygen atoms in total. The Morgan fingerprint density at radius 2 is 2.15 bits per heavy atom. The summed E-state index contributed by atoms with van der Waals surface area (Å²) in [6, 6.07) is 3.89. The first kappa shape index (κ1) is 13.8. The molecule has 1 aromatic rings. The predicted molar refractivity (Wildman–Crippen MR) is 79.7 cm³/mol. The molecule has 6 heteroatoms. The van der Waals surface area contributed by atoms with E-state index in [0.717, 1.165) is 42.9 Å². The van der Waals surface area contributed by atoms with Crippen LogP contribution in [-0.2, 0) is 9.53 Å². The molecule has 0 spiro atoms. The Balaban J connectivity index is 1.64. The number of carbonyl (C=O) groups excluding carboxylic acids is 1. The number of halogens is 1. The molecule has 1 amide bonds. The Morgan fingerprint density at radius 1 is 1.35 bits per heavy atom. The van der Waals surface area contributed by atoms with Crippen LogP contribution in [0.4, 0.5) is 5.82 Å². The molecule has 0 saturated carbocycles. The van der Waals surface area contributed by atoms with Crippen molar-refractivity contribution in [2.24, 2.45) is 5.92 Å². The van der Waals surface area contributed by atoms with Crippen LogP contribution in [-0.4, -0.2) is 55.2 Å². The lowest BCUT2D eigenvalue weighted by atomic mass is 10.1. The summed E-state index contributed by atoms with van der Waals surface area (Å²) in [4.78, 5) is 21.0. The van der Waals surface area contributed by atoms with Crippen molar-refractivity contribution in [3.8, 4) is 0 Å². The van der Waals surface area contributed by atoms with Gasteiger partial charge in [-0.1, -0.05) is 0 Å². The average molecular weight is 340 g/mol. The van der Waals surface area contributed by atoms with Crippen LogP contribution in [0.3, 0.4) is 0 Å². The first-order valence-corrected chi connectivity index (χ1v) is 7.77. The van der Waals surface area contributed by atoms with Crippen LogP contribution < -0.4 is 4.90 Å². The maximum atomic E-state index is 12.5. The van der Waals surface area contributed by atoms with Crippen molar-refractivity contribution in [1.29, 1.82) is 0 Å². The molecule has 3 rings (SSSR count). The van der Waals surface area contributed by atoms with Gasteiger partial charge in [0.1, 0.15) is 5.82 Å². The number of anilines is 1. The summed E-state index contributed by atoms with van der Waals surface area (Å²) in [6.45, 7) is 4.41. The van der Waals surface area contributed by atoms with Gasteiger partial charge in [-0.2, -0.15) is 0 Å². The SMILES string of the molecule is O=C(C1CCN(c2ncccc2Br)C1)N1CCOCC1. The molecule has 0 radical (unpaired) electrons. The molecular formula is C14H18BrN3O2. The topological polar surface area (TPSA) is 45.7 Å². The number of morpholine rings is 1. The van der Waals surface area contributed by atoms with Gasteiger partial charge >= 0.3 is 0 Å². The lowest BCUT2D eigenvalue weighted by Gasteiger charge is -2.29. The number of nitrogens with zero attached hydrogens (tertiary/aromatic N) is 3. The molecular weight excluding hydrogens is 322 g/mol. The van der Waals surface area contributed by atoms with Gasteiger partial charge in [-0.3, -0.25) is 4.79 Å². The monoisotopic (exact) mass is 339 g/mol. The molecule has 1 unspecified atom stereocenters. The molecule has 1 aromatic heterocycles. The summed E-state index contributed by atoms with van der Waals surface area (Å²) in [5, 5.41) is 0. The van der Waals surface area contributed by atoms with Crippen LogP contribution in [0.25, 0.3) is 0 Å². The fourth-order valence-corrected chi connectivity index (χ4v) is 3.31. The van der Waals surface area contributed by atoms with Crippen LogP contribution in [0.2, 0.25) is 0 Å². The van der Waals surface area contributed by atoms with Gasteiger partial charge in [0.25, 0.3) is 0 Å². The van der Waals surface area contributed by atoms with Gasteiger partial charge in [0.15, 0.2) is 0 Å². The molecule has 0 aromatic carbocycles. The summed E-state index contributed by atoms with van der Waals surface area (Å²) in [6.07, 6.45) is 2.69. The summed E-state index contributed by atoms with van der Waals surface area (Å²) < 4.78 is 6.28. The fraction of sp³-hybridized carbons (Fsp3) is 0.571. The smallest absolute Gasteiger partial charge is 0.227 e. The minimum atomic E-state index is 0.0852. The normalized spacial score (nSPS) is 23.1. The van der Waals surface area contributed by atoms with E-state index in [1.807, 2.05) is 17.0 Å². The second-order valence-corrected chi connectivity index (χ2v) is 6.03. The van der Waals surface area contributed by atoms with Crippen LogP contribution in [0, 0.1) is 5.92 Å². The van der Waals surface area contributed by atoms with Crippen molar-refractivity contribution in [2.75, 3.05) is 44.3 Å². The number of hydrogen-bond donors (Lipinski definition) is 0. The number of ether oxygens (including phenoxy) is 1. The van der Waals surface area contributed by atoms with E-state index in [-0.39, 0.29) is 11.8 Å². The van der Waals surface area contributed by atoms with Crippen molar-refractivity contribution in [3.63, 3.8) is 0 Å². The highest BCUT2D eigenvalue weighted by molar-refractivity contribution is 9.10. The third kappa shape index (κ3) is 2.81. The van der Waals surface area contributed by atoms with Crippen molar-refractivity contribution < 1.29 is 9.53 Å². The van der Waals surface area contributed by atoms with E-state index in [9.17, 15) is 4.79 Å². The Labute approximate surface area is 127 Å². The van der Waals surface area contributed by atoms with Gasteiger partial charge < -0.3 is 14.5 Å². The molecule has 3 heterocycles. The quantitative estimate of drug-likeness (QED) is 0.819. The fourth-order valence-electron chi connectivity index (χ4n) is 2.81. The minimum Gasteiger partial charge on any atom is -0.378 e. The first-order valence-electron chi connectivity index (χ1n) is 6.97. The minimum absolute atomic E-state index is 0.0852. The van der Waals surface area contributed by atoms with Crippen molar-refractivity contribution in [3.05, 3.63) is 22.8 Å². The number of aromatic nitrogens is 1. The Kier molecular flexibility index (Phi) is 4.21. The number of rotatable bonds is 2. The highest BCUT2D eigenvalue weighted by Crippen LogP contribution is 2.29. The molecule has 20 heavy (non-hydrogen) atoms. The van der Waals surface area contributed by atoms with Crippen molar-refractivity contribution >= 4 is 27.7 Å². The Hall–Kier alpha value is -1.14. The molecule has 1 atom stereocenters. The summed E-state index contributed by atoms with van der Waals surface area (Å²) >= 11 is 3.52. The molecule has 2 aliphatic rings. The maximum Gasteiger partial charge on any atom is 0.227 e. The highest BCUT2D eigenvalue weighted by atomic mass is 79.9. The number of pyridine rings is 1. The lowest BCUT2D eigenvalue weighted by Crippen LogP contribution is -2.44. The van der Waals surface area contributed by atoms with Crippen LogP contribution in [0.15, 0.2) is 22.8 Å². The number of carbonyl (C=O) groups is 1. The zero-order chi connectivity index (χ0) is 13.9. The molecule has 2 fully saturated rings. The van der Waals surface area contributed by atoms with E-state index in [1.165, 1.54) is 0 Å². The molecule has 108 valence electrons. The van der Waals surface area contributed by atoms with Crippen molar-refractivity contribution in [1.82, 2.24) is 9.88 Å². The molecule has 0 bridgehead atoms. The summed E-state index contributed by atoms with van der Waals surface area (Å²) in [7, 11) is 0. The van der Waals surface area contributed by atoms with E-state index < -0.39 is 0 Å². The zero-order valence-corrected chi connectivity index (χ0v) is 12.9. The van der Waals surface area contributed by atoms with Crippen LogP contribution in [0.5, 0.6) is 0 Å². The van der Waals surface area contributed by atoms with E-state index in [1.54, 1.807) is 6.20 Å². The van der Waals surface area contributed by atoms with Gasteiger partial charge in [0.05, 0.1) is 23.6 Å². The van der Waals surface area contributed by atoms with Crippen LogP contribution >= 0.6 is 15.9 Å². The van der Waals surface area contributed by atoms with Gasteiger partial charge in [0, 0.05) is 32.4 Å². The van der Waals surface area contributed by atoms with Gasteiger partial charge in [-0.05, 0) is 34.5 Å². The highest BCUT2D eigenvalue weighted by Gasteiger charge is 2.33. The lowest BCUT2D eigenvalue weighted by molar-refractivity contribution is -0.138. The predicted octanol–water partition coefficient (Wildman–Crippen LogP) is 1.53. The average Bonchev–Trinajstić information content (AvgIpc) is 2.97.